The molecule has 1 saturated carbocycles. The Morgan fingerprint density at radius 1 is 1.13 bits per heavy atom. The molecule has 0 atom stereocenters. The molecular weight excluding hydrogens is 290 g/mol. The predicted octanol–water partition coefficient (Wildman–Crippen LogP) is 3.82. The smallest absolute Gasteiger partial charge is 0.335 e. The molecule has 1 N–H and O–H groups in total. The summed E-state index contributed by atoms with van der Waals surface area (Å²) in [6, 6.07) is 5.91. The molecule has 1 heterocycles. The molecule has 4 nitrogen and oxygen atoms in total. The van der Waals surface area contributed by atoms with Gasteiger partial charge in [0.05, 0.1) is 5.57 Å². The van der Waals surface area contributed by atoms with Crippen LogP contribution in [0.4, 0.5) is 5.69 Å². The van der Waals surface area contributed by atoms with Crippen molar-refractivity contribution in [2.45, 2.75) is 58.5 Å². The molecule has 0 aromatic heterocycles. The van der Waals surface area contributed by atoms with Gasteiger partial charge in [-0.25, -0.2) is 4.79 Å². The third kappa shape index (κ3) is 2.78. The summed E-state index contributed by atoms with van der Waals surface area (Å²) in [6.45, 7) is 5.69. The third-order valence-corrected chi connectivity index (χ3v) is 4.94. The number of carbonyl (C=O) groups is 2. The first-order valence-corrected chi connectivity index (χ1v) is 8.26. The highest BCUT2D eigenvalue weighted by Gasteiger charge is 2.49. The summed E-state index contributed by atoms with van der Waals surface area (Å²) in [5.74, 6) is -0.556. The Labute approximate surface area is 136 Å². The summed E-state index contributed by atoms with van der Waals surface area (Å²) >= 11 is 0. The van der Waals surface area contributed by atoms with E-state index in [4.69, 9.17) is 4.74 Å². The van der Waals surface area contributed by atoms with Gasteiger partial charge in [0, 0.05) is 11.3 Å². The van der Waals surface area contributed by atoms with Gasteiger partial charge in [-0.05, 0) is 58.1 Å². The molecular formula is C19H23NO3. The number of anilines is 1. The molecule has 23 heavy (non-hydrogen) atoms. The van der Waals surface area contributed by atoms with E-state index < -0.39 is 5.60 Å². The Morgan fingerprint density at radius 2 is 1.83 bits per heavy atom. The first-order valence-electron chi connectivity index (χ1n) is 8.26. The lowest BCUT2D eigenvalue weighted by Gasteiger charge is -2.34. The van der Waals surface area contributed by atoms with Crippen molar-refractivity contribution in [3.8, 4) is 0 Å². The van der Waals surface area contributed by atoms with Crippen LogP contribution in [0, 0.1) is 13.8 Å². The van der Waals surface area contributed by atoms with Crippen molar-refractivity contribution in [3.63, 3.8) is 0 Å². The summed E-state index contributed by atoms with van der Waals surface area (Å²) < 4.78 is 5.65. The van der Waals surface area contributed by atoms with Gasteiger partial charge in [0.15, 0.2) is 0 Å². The van der Waals surface area contributed by atoms with E-state index in [-0.39, 0.29) is 11.9 Å². The highest BCUT2D eigenvalue weighted by Crippen LogP contribution is 2.44. The number of esters is 1. The van der Waals surface area contributed by atoms with E-state index in [2.05, 4.69) is 5.32 Å². The monoisotopic (exact) mass is 313 g/mol. The van der Waals surface area contributed by atoms with E-state index >= 15 is 0 Å². The van der Waals surface area contributed by atoms with Crippen molar-refractivity contribution >= 4 is 17.6 Å². The van der Waals surface area contributed by atoms with Gasteiger partial charge in [0.2, 0.25) is 0 Å². The zero-order valence-electron chi connectivity index (χ0n) is 14.0. The van der Waals surface area contributed by atoms with Gasteiger partial charge < -0.3 is 10.1 Å². The van der Waals surface area contributed by atoms with E-state index in [1.807, 2.05) is 32.0 Å². The molecule has 2 aliphatic rings. The SMILES string of the molecule is CC1=C(C(=O)Nc2ccc(C)cc2C)C2(CCCCC2)OC1=O. The number of rotatable bonds is 2. The van der Waals surface area contributed by atoms with E-state index in [0.29, 0.717) is 11.1 Å². The molecule has 122 valence electrons. The zero-order valence-corrected chi connectivity index (χ0v) is 14.0. The Balaban J connectivity index is 1.91. The lowest BCUT2D eigenvalue weighted by atomic mass is 9.78. The van der Waals surface area contributed by atoms with Crippen LogP contribution in [-0.2, 0) is 14.3 Å². The minimum atomic E-state index is -0.706. The van der Waals surface area contributed by atoms with Gasteiger partial charge in [-0.2, -0.15) is 0 Å². The van der Waals surface area contributed by atoms with Gasteiger partial charge in [-0.3, -0.25) is 4.79 Å². The number of benzene rings is 1. The topological polar surface area (TPSA) is 55.4 Å². The van der Waals surface area contributed by atoms with Crippen molar-refractivity contribution in [2.24, 2.45) is 0 Å². The highest BCUT2D eigenvalue weighted by atomic mass is 16.6. The van der Waals surface area contributed by atoms with Gasteiger partial charge in [-0.1, -0.05) is 24.1 Å². The molecule has 1 spiro atoms. The van der Waals surface area contributed by atoms with Crippen LogP contribution in [0.15, 0.2) is 29.3 Å². The molecule has 1 fully saturated rings. The standard InChI is InChI=1S/C19H23NO3/c1-12-7-8-15(13(2)11-12)20-17(21)16-14(3)18(22)23-19(16)9-5-4-6-10-19/h7-8,11H,4-6,9-10H2,1-3H3,(H,20,21). The fourth-order valence-electron chi connectivity index (χ4n) is 3.74. The van der Waals surface area contributed by atoms with Crippen LogP contribution >= 0.6 is 0 Å². The first kappa shape index (κ1) is 15.8. The maximum absolute atomic E-state index is 12.9. The lowest BCUT2D eigenvalue weighted by Crippen LogP contribution is -2.39. The Kier molecular flexibility index (Phi) is 4.00. The minimum absolute atomic E-state index is 0.206. The Morgan fingerprint density at radius 3 is 2.48 bits per heavy atom. The maximum atomic E-state index is 12.9. The number of aryl methyl sites for hydroxylation is 2. The minimum Gasteiger partial charge on any atom is -0.451 e. The van der Waals surface area contributed by atoms with Crippen molar-refractivity contribution < 1.29 is 14.3 Å². The van der Waals surface area contributed by atoms with Gasteiger partial charge in [0.25, 0.3) is 5.91 Å². The highest BCUT2D eigenvalue weighted by molar-refractivity contribution is 6.12. The summed E-state index contributed by atoms with van der Waals surface area (Å²) in [4.78, 5) is 24.9. The molecule has 0 radical (unpaired) electrons. The molecule has 3 rings (SSSR count). The summed E-state index contributed by atoms with van der Waals surface area (Å²) in [5.41, 5.74) is 3.23. The van der Waals surface area contributed by atoms with E-state index in [9.17, 15) is 9.59 Å². The summed E-state index contributed by atoms with van der Waals surface area (Å²) in [5, 5.41) is 2.97. The summed E-state index contributed by atoms with van der Waals surface area (Å²) in [6.07, 6.45) is 4.59. The average molecular weight is 313 g/mol. The summed E-state index contributed by atoms with van der Waals surface area (Å²) in [7, 11) is 0. The van der Waals surface area contributed by atoms with Crippen molar-refractivity contribution in [1.29, 1.82) is 0 Å². The molecule has 0 saturated heterocycles. The fourth-order valence-corrected chi connectivity index (χ4v) is 3.74. The second-order valence-corrected chi connectivity index (χ2v) is 6.72. The Hall–Kier alpha value is -2.10. The van der Waals surface area contributed by atoms with Crippen LogP contribution in [0.5, 0.6) is 0 Å². The molecule has 1 amide bonds. The largest absolute Gasteiger partial charge is 0.451 e. The molecule has 0 unspecified atom stereocenters. The second-order valence-electron chi connectivity index (χ2n) is 6.72. The van der Waals surface area contributed by atoms with E-state index in [1.165, 1.54) is 0 Å². The van der Waals surface area contributed by atoms with Crippen molar-refractivity contribution in [3.05, 3.63) is 40.5 Å². The van der Waals surface area contributed by atoms with Crippen LogP contribution in [-0.4, -0.2) is 17.5 Å². The first-order chi connectivity index (χ1) is 10.9. The van der Waals surface area contributed by atoms with Crippen LogP contribution in [0.3, 0.4) is 0 Å². The van der Waals surface area contributed by atoms with Gasteiger partial charge in [0.1, 0.15) is 5.60 Å². The molecule has 1 aliphatic heterocycles. The molecule has 1 aliphatic carbocycles. The fraction of sp³-hybridized carbons (Fsp3) is 0.474. The molecule has 1 aromatic carbocycles. The van der Waals surface area contributed by atoms with E-state index in [0.717, 1.165) is 48.9 Å². The average Bonchev–Trinajstić information content (AvgIpc) is 2.73. The van der Waals surface area contributed by atoms with Crippen LogP contribution < -0.4 is 5.32 Å². The van der Waals surface area contributed by atoms with Gasteiger partial charge in [-0.15, -0.1) is 0 Å². The predicted molar refractivity (Wildman–Crippen MR) is 89.2 cm³/mol. The third-order valence-electron chi connectivity index (χ3n) is 4.94. The number of carbonyl (C=O) groups excluding carboxylic acids is 2. The van der Waals surface area contributed by atoms with Crippen molar-refractivity contribution in [2.75, 3.05) is 5.32 Å². The molecule has 1 aromatic rings. The van der Waals surface area contributed by atoms with Crippen LogP contribution in [0.2, 0.25) is 0 Å². The number of hydrogen-bond donors (Lipinski definition) is 1. The zero-order chi connectivity index (χ0) is 16.6. The maximum Gasteiger partial charge on any atom is 0.335 e. The Bertz CT molecular complexity index is 697. The number of hydrogen-bond acceptors (Lipinski definition) is 3. The second kappa shape index (κ2) is 5.84. The van der Waals surface area contributed by atoms with Crippen molar-refractivity contribution in [1.82, 2.24) is 0 Å². The number of nitrogens with one attached hydrogen (secondary N) is 1. The number of amides is 1. The molecule has 0 bridgehead atoms. The van der Waals surface area contributed by atoms with E-state index in [1.54, 1.807) is 6.92 Å². The lowest BCUT2D eigenvalue weighted by molar-refractivity contribution is -0.149. The normalized spacial score (nSPS) is 19.9. The molecule has 4 heteroatoms. The van der Waals surface area contributed by atoms with Crippen LogP contribution in [0.25, 0.3) is 0 Å². The number of ether oxygens (including phenoxy) is 1. The van der Waals surface area contributed by atoms with Crippen LogP contribution in [0.1, 0.15) is 50.2 Å². The van der Waals surface area contributed by atoms with Gasteiger partial charge >= 0.3 is 5.97 Å². The quantitative estimate of drug-likeness (QED) is 0.845.